The third-order valence-corrected chi connectivity index (χ3v) is 7.01. The van der Waals surface area contributed by atoms with Gasteiger partial charge in [-0.1, -0.05) is 18.2 Å². The first kappa shape index (κ1) is 19.6. The van der Waals surface area contributed by atoms with Crippen LogP contribution >= 0.6 is 0 Å². The van der Waals surface area contributed by atoms with Crippen LogP contribution in [0.3, 0.4) is 0 Å². The molecule has 0 fully saturated rings. The maximum absolute atomic E-state index is 12.4. The van der Waals surface area contributed by atoms with Crippen LogP contribution in [0.2, 0.25) is 0 Å². The predicted molar refractivity (Wildman–Crippen MR) is 114 cm³/mol. The van der Waals surface area contributed by atoms with Crippen LogP contribution in [-0.4, -0.2) is 24.7 Å². The molecule has 0 aliphatic rings. The summed E-state index contributed by atoms with van der Waals surface area (Å²) in [6.45, 7) is 9.60. The molecule has 3 aromatic rings. The van der Waals surface area contributed by atoms with E-state index in [0.717, 1.165) is 22.2 Å². The van der Waals surface area contributed by atoms with Crippen molar-refractivity contribution in [1.29, 1.82) is 0 Å². The monoisotopic (exact) mass is 384 g/mol. The number of H-pyrrole nitrogens is 1. The number of benzene rings is 2. The number of fused-ring (bicyclic) bond motifs is 1. The molecule has 3 rings (SSSR count). The van der Waals surface area contributed by atoms with Gasteiger partial charge in [-0.15, -0.1) is 0 Å². The molecule has 0 saturated carbocycles. The lowest BCUT2D eigenvalue weighted by molar-refractivity contribution is 0.556. The van der Waals surface area contributed by atoms with Crippen molar-refractivity contribution in [3.8, 4) is 11.1 Å². The highest BCUT2D eigenvalue weighted by Crippen LogP contribution is 2.30. The molecule has 144 valence electrons. The van der Waals surface area contributed by atoms with Gasteiger partial charge in [0.1, 0.15) is 0 Å². The third kappa shape index (κ3) is 4.25. The van der Waals surface area contributed by atoms with Crippen LogP contribution in [0.15, 0.2) is 42.6 Å². The van der Waals surface area contributed by atoms with E-state index in [0.29, 0.717) is 6.42 Å². The normalized spacial score (nSPS) is 13.4. The molecule has 2 N–H and O–H groups in total. The lowest BCUT2D eigenvalue weighted by Crippen LogP contribution is -2.38. The van der Waals surface area contributed by atoms with Crippen molar-refractivity contribution in [2.45, 2.75) is 52.3 Å². The number of aromatic amines is 1. The second kappa shape index (κ2) is 7.49. The second-order valence-electron chi connectivity index (χ2n) is 7.71. The Morgan fingerprint density at radius 3 is 2.44 bits per heavy atom. The van der Waals surface area contributed by atoms with Gasteiger partial charge in [-0.3, -0.25) is 0 Å². The average molecular weight is 385 g/mol. The summed E-state index contributed by atoms with van der Waals surface area (Å²) in [5.74, 6) is 0. The van der Waals surface area contributed by atoms with Gasteiger partial charge in [0, 0.05) is 17.8 Å². The molecule has 0 aliphatic carbocycles. The molecule has 0 radical (unpaired) electrons. The maximum Gasteiger partial charge on any atom is 0.214 e. The van der Waals surface area contributed by atoms with Crippen LogP contribution in [0.4, 0.5) is 0 Å². The summed E-state index contributed by atoms with van der Waals surface area (Å²) in [7, 11) is -3.32. The van der Waals surface area contributed by atoms with E-state index in [9.17, 15) is 8.42 Å². The summed E-state index contributed by atoms with van der Waals surface area (Å²) in [6, 6.07) is 12.7. The zero-order valence-electron chi connectivity index (χ0n) is 16.6. The fourth-order valence-corrected chi connectivity index (χ4v) is 4.78. The number of sulfonamides is 1. The number of hydrogen-bond donors (Lipinski definition) is 2. The number of aromatic nitrogens is 1. The van der Waals surface area contributed by atoms with E-state index in [1.807, 2.05) is 20.0 Å². The first-order valence-corrected chi connectivity index (χ1v) is 10.9. The van der Waals surface area contributed by atoms with Crippen molar-refractivity contribution in [1.82, 2.24) is 9.71 Å². The van der Waals surface area contributed by atoms with Gasteiger partial charge in [0.25, 0.3) is 0 Å². The zero-order valence-corrected chi connectivity index (χ0v) is 17.4. The fraction of sp³-hybridized carbons (Fsp3) is 0.364. The molecular weight excluding hydrogens is 356 g/mol. The van der Waals surface area contributed by atoms with Gasteiger partial charge in [-0.2, -0.15) is 0 Å². The largest absolute Gasteiger partial charge is 0.361 e. The lowest BCUT2D eigenvalue weighted by atomic mass is 9.93. The first-order chi connectivity index (χ1) is 12.7. The molecule has 4 nitrogen and oxygen atoms in total. The lowest BCUT2D eigenvalue weighted by Gasteiger charge is -2.18. The molecule has 0 saturated heterocycles. The minimum Gasteiger partial charge on any atom is -0.361 e. The van der Waals surface area contributed by atoms with Gasteiger partial charge in [-0.25, -0.2) is 13.1 Å². The summed E-state index contributed by atoms with van der Waals surface area (Å²) in [5, 5.41) is 0.716. The molecule has 0 aliphatic heterocycles. The smallest absolute Gasteiger partial charge is 0.214 e. The van der Waals surface area contributed by atoms with Gasteiger partial charge in [0.15, 0.2) is 0 Å². The van der Waals surface area contributed by atoms with E-state index >= 15 is 0 Å². The summed E-state index contributed by atoms with van der Waals surface area (Å²) < 4.78 is 27.5. The van der Waals surface area contributed by atoms with Crippen molar-refractivity contribution in [3.05, 3.63) is 59.3 Å². The van der Waals surface area contributed by atoms with Gasteiger partial charge >= 0.3 is 0 Å². The first-order valence-electron chi connectivity index (χ1n) is 9.36. The number of aryl methyl sites for hydroxylation is 2. The van der Waals surface area contributed by atoms with Gasteiger partial charge < -0.3 is 4.98 Å². The highest BCUT2D eigenvalue weighted by molar-refractivity contribution is 7.90. The molecular formula is C22H28N2O2S. The summed E-state index contributed by atoms with van der Waals surface area (Å²) >= 11 is 0. The van der Waals surface area contributed by atoms with E-state index < -0.39 is 15.3 Å². The molecule has 1 aromatic heterocycles. The average Bonchev–Trinajstić information content (AvgIpc) is 3.04. The standard InChI is InChI=1S/C22H28N2O2S/c1-14(2)24-27(25,26)17(5)12-20-10-16(4)21(11-15(20)3)18-6-7-22-19(13-18)8-9-23-22/h6-11,13-14,17,23-24H,12H2,1-5H3. The minimum absolute atomic E-state index is 0.0917. The van der Waals surface area contributed by atoms with Gasteiger partial charge in [0.05, 0.1) is 5.25 Å². The van der Waals surface area contributed by atoms with Crippen molar-refractivity contribution < 1.29 is 8.42 Å². The molecule has 1 atom stereocenters. The van der Waals surface area contributed by atoms with Crippen molar-refractivity contribution in [3.63, 3.8) is 0 Å². The molecule has 1 unspecified atom stereocenters. The highest BCUT2D eigenvalue weighted by atomic mass is 32.2. The zero-order chi connectivity index (χ0) is 19.8. The van der Waals surface area contributed by atoms with E-state index in [1.54, 1.807) is 6.92 Å². The molecule has 0 bridgehead atoms. The SMILES string of the molecule is Cc1cc(-c2ccc3[nH]ccc3c2)c(C)cc1CC(C)S(=O)(=O)NC(C)C. The van der Waals surface area contributed by atoms with Crippen molar-refractivity contribution >= 4 is 20.9 Å². The Labute approximate surface area is 162 Å². The van der Waals surface area contributed by atoms with Crippen LogP contribution in [0, 0.1) is 13.8 Å². The van der Waals surface area contributed by atoms with Gasteiger partial charge in [-0.05, 0) is 92.4 Å². The molecule has 27 heavy (non-hydrogen) atoms. The van der Waals surface area contributed by atoms with E-state index in [-0.39, 0.29) is 6.04 Å². The Bertz CT molecular complexity index is 1070. The van der Waals surface area contributed by atoms with E-state index in [2.05, 4.69) is 60.0 Å². The Morgan fingerprint density at radius 1 is 1.00 bits per heavy atom. The highest BCUT2D eigenvalue weighted by Gasteiger charge is 2.22. The Morgan fingerprint density at radius 2 is 1.74 bits per heavy atom. The van der Waals surface area contributed by atoms with Gasteiger partial charge in [0.2, 0.25) is 10.0 Å². The van der Waals surface area contributed by atoms with Crippen molar-refractivity contribution in [2.24, 2.45) is 0 Å². The Hall–Kier alpha value is -2.11. The van der Waals surface area contributed by atoms with Crippen LogP contribution in [0.1, 0.15) is 37.5 Å². The molecule has 0 amide bonds. The molecule has 2 aromatic carbocycles. The third-order valence-electron chi connectivity index (χ3n) is 4.98. The second-order valence-corrected chi connectivity index (χ2v) is 9.84. The summed E-state index contributed by atoms with van der Waals surface area (Å²) in [6.07, 6.45) is 2.45. The predicted octanol–water partition coefficient (Wildman–Crippen LogP) is 4.71. The Kier molecular flexibility index (Phi) is 5.45. The fourth-order valence-electron chi connectivity index (χ4n) is 3.49. The Balaban J connectivity index is 1.90. The van der Waals surface area contributed by atoms with E-state index in [1.165, 1.54) is 16.5 Å². The van der Waals surface area contributed by atoms with Crippen LogP contribution in [0.5, 0.6) is 0 Å². The van der Waals surface area contributed by atoms with E-state index in [4.69, 9.17) is 0 Å². The molecule has 0 spiro atoms. The maximum atomic E-state index is 12.4. The summed E-state index contributed by atoms with van der Waals surface area (Å²) in [4.78, 5) is 3.22. The van der Waals surface area contributed by atoms with Crippen LogP contribution < -0.4 is 4.72 Å². The number of hydrogen-bond acceptors (Lipinski definition) is 2. The minimum atomic E-state index is -3.32. The number of rotatable bonds is 6. The van der Waals surface area contributed by atoms with Crippen LogP contribution in [-0.2, 0) is 16.4 Å². The molecule has 1 heterocycles. The number of nitrogens with one attached hydrogen (secondary N) is 2. The molecule has 5 heteroatoms. The van der Waals surface area contributed by atoms with Crippen molar-refractivity contribution in [2.75, 3.05) is 0 Å². The summed E-state index contributed by atoms with van der Waals surface area (Å²) in [5.41, 5.74) is 6.86. The topological polar surface area (TPSA) is 62.0 Å². The van der Waals surface area contributed by atoms with Crippen LogP contribution in [0.25, 0.3) is 22.0 Å². The quantitative estimate of drug-likeness (QED) is 0.646.